The summed E-state index contributed by atoms with van der Waals surface area (Å²) in [5.41, 5.74) is 9.28. The summed E-state index contributed by atoms with van der Waals surface area (Å²) in [5, 5.41) is 7.67. The summed E-state index contributed by atoms with van der Waals surface area (Å²) >= 11 is 0. The summed E-state index contributed by atoms with van der Waals surface area (Å²) in [4.78, 5) is 12.4. The molecule has 0 spiro atoms. The van der Waals surface area contributed by atoms with Crippen LogP contribution in [0.3, 0.4) is 0 Å². The average molecular weight is 363 g/mol. The Labute approximate surface area is 156 Å². The molecule has 138 valence electrons. The Balaban J connectivity index is 1.60. The van der Waals surface area contributed by atoms with Crippen LogP contribution in [0.2, 0.25) is 0 Å². The molecule has 2 unspecified atom stereocenters. The second-order valence-corrected chi connectivity index (χ2v) is 7.06. The summed E-state index contributed by atoms with van der Waals surface area (Å²) < 4.78 is 7.94. The number of furan rings is 1. The quantitative estimate of drug-likeness (QED) is 0.666. The number of nitrogens with one attached hydrogen (secondary N) is 3. The van der Waals surface area contributed by atoms with Crippen molar-refractivity contribution < 1.29 is 9.21 Å². The highest BCUT2D eigenvalue weighted by Crippen LogP contribution is 2.43. The minimum Gasteiger partial charge on any atom is -0.464 e. The number of benzene rings is 1. The van der Waals surface area contributed by atoms with Gasteiger partial charge in [-0.1, -0.05) is 30.3 Å². The lowest BCUT2D eigenvalue weighted by Gasteiger charge is -2.22. The Morgan fingerprint density at radius 1 is 1.15 bits per heavy atom. The molecule has 1 amide bonds. The van der Waals surface area contributed by atoms with Crippen molar-refractivity contribution in [2.24, 2.45) is 7.05 Å². The normalized spacial score (nSPS) is 21.9. The third-order valence-corrected chi connectivity index (χ3v) is 5.30. The number of hydrogen-bond donors (Lipinski definition) is 3. The van der Waals surface area contributed by atoms with Crippen molar-refractivity contribution in [2.45, 2.75) is 24.8 Å². The maximum atomic E-state index is 12.4. The Bertz CT molecular complexity index is 985. The number of aryl methyl sites for hydroxylation is 1. The number of carbonyl (C=O) groups is 1. The van der Waals surface area contributed by atoms with Crippen molar-refractivity contribution in [3.63, 3.8) is 0 Å². The van der Waals surface area contributed by atoms with Gasteiger partial charge in [-0.3, -0.25) is 14.9 Å². The van der Waals surface area contributed by atoms with Crippen LogP contribution < -0.4 is 16.2 Å². The topological polar surface area (TPSA) is 84.1 Å². The molecule has 2 aromatic heterocycles. The second-order valence-electron chi connectivity index (χ2n) is 7.06. The molecule has 1 saturated heterocycles. The van der Waals surface area contributed by atoms with Crippen molar-refractivity contribution in [1.82, 2.24) is 20.6 Å². The molecule has 4 heterocycles. The van der Waals surface area contributed by atoms with E-state index in [2.05, 4.69) is 16.2 Å². The first-order valence-electron chi connectivity index (χ1n) is 9.21. The van der Waals surface area contributed by atoms with E-state index in [1.165, 1.54) is 0 Å². The summed E-state index contributed by atoms with van der Waals surface area (Å²) in [5.74, 6) is 2.27. The van der Waals surface area contributed by atoms with Gasteiger partial charge in [0.25, 0.3) is 0 Å². The number of anilines is 1. The fourth-order valence-electron chi connectivity index (χ4n) is 3.98. The van der Waals surface area contributed by atoms with Crippen LogP contribution in [0.5, 0.6) is 0 Å². The first-order chi connectivity index (χ1) is 13.2. The van der Waals surface area contributed by atoms with Gasteiger partial charge in [0.15, 0.2) is 0 Å². The summed E-state index contributed by atoms with van der Waals surface area (Å²) in [6, 6.07) is 14.2. The van der Waals surface area contributed by atoms with E-state index in [1.807, 2.05) is 49.5 Å². The zero-order valence-electron chi connectivity index (χ0n) is 15.0. The molecule has 7 heteroatoms. The Morgan fingerprint density at radius 2 is 1.96 bits per heavy atom. The zero-order valence-corrected chi connectivity index (χ0v) is 15.0. The number of hydrazine groups is 1. The lowest BCUT2D eigenvalue weighted by Crippen LogP contribution is -2.25. The van der Waals surface area contributed by atoms with Gasteiger partial charge >= 0.3 is 0 Å². The van der Waals surface area contributed by atoms with E-state index >= 15 is 0 Å². The van der Waals surface area contributed by atoms with Gasteiger partial charge in [0, 0.05) is 31.1 Å². The van der Waals surface area contributed by atoms with Crippen LogP contribution in [0.25, 0.3) is 11.3 Å². The fraction of sp³-hybridized carbons (Fsp3) is 0.300. The number of nitrogens with zero attached hydrogens (tertiary/aromatic N) is 2. The van der Waals surface area contributed by atoms with Gasteiger partial charge in [0.2, 0.25) is 5.91 Å². The van der Waals surface area contributed by atoms with Crippen molar-refractivity contribution in [1.29, 1.82) is 0 Å². The monoisotopic (exact) mass is 363 g/mol. The molecule has 1 fully saturated rings. The maximum absolute atomic E-state index is 12.4. The van der Waals surface area contributed by atoms with Crippen molar-refractivity contribution in [2.75, 3.05) is 11.9 Å². The molecule has 3 aromatic rings. The van der Waals surface area contributed by atoms with Crippen LogP contribution in [0.4, 0.5) is 5.82 Å². The van der Waals surface area contributed by atoms with Crippen LogP contribution in [0.1, 0.15) is 41.9 Å². The minimum atomic E-state index is -0.152. The van der Waals surface area contributed by atoms with E-state index in [1.54, 1.807) is 4.68 Å². The van der Waals surface area contributed by atoms with Crippen molar-refractivity contribution >= 4 is 11.7 Å². The first-order valence-corrected chi connectivity index (χ1v) is 9.21. The van der Waals surface area contributed by atoms with E-state index in [4.69, 9.17) is 9.52 Å². The van der Waals surface area contributed by atoms with E-state index in [9.17, 15) is 4.79 Å². The highest BCUT2D eigenvalue weighted by Gasteiger charge is 2.35. The highest BCUT2D eigenvalue weighted by molar-refractivity contribution is 5.96. The molecule has 1 aromatic carbocycles. The van der Waals surface area contributed by atoms with Crippen molar-refractivity contribution in [3.8, 4) is 11.3 Å². The van der Waals surface area contributed by atoms with Crippen LogP contribution in [0.15, 0.2) is 46.9 Å². The molecule has 2 aliphatic heterocycles. The van der Waals surface area contributed by atoms with Gasteiger partial charge in [0.05, 0.1) is 17.7 Å². The molecule has 3 N–H and O–H groups in total. The number of amides is 1. The molecule has 5 rings (SSSR count). The molecular formula is C20H21N5O2. The summed E-state index contributed by atoms with van der Waals surface area (Å²) in [6.45, 7) is 0.914. The predicted molar refractivity (Wildman–Crippen MR) is 101 cm³/mol. The number of carbonyl (C=O) groups excluding carboxylic acids is 1. The Kier molecular flexibility index (Phi) is 3.84. The van der Waals surface area contributed by atoms with Crippen LogP contribution in [-0.4, -0.2) is 22.2 Å². The standard InChI is InChI=1S/C20H21N5O2/c1-25-20-18(19(24-25)12-5-3-2-4-6-12)13(11-17(26)22-20)15-7-8-16(27-15)14-9-10-21-23-14/h2-8,13-14,21,23H,9-11H2,1H3,(H,22,26). The second kappa shape index (κ2) is 6.37. The van der Waals surface area contributed by atoms with Gasteiger partial charge in [0.1, 0.15) is 17.3 Å². The molecule has 0 aliphatic carbocycles. The zero-order chi connectivity index (χ0) is 18.4. The largest absolute Gasteiger partial charge is 0.464 e. The number of fused-ring (bicyclic) bond motifs is 1. The third kappa shape index (κ3) is 2.75. The lowest BCUT2D eigenvalue weighted by atomic mass is 9.88. The molecule has 27 heavy (non-hydrogen) atoms. The smallest absolute Gasteiger partial charge is 0.226 e. The van der Waals surface area contributed by atoms with E-state index in [0.29, 0.717) is 6.42 Å². The third-order valence-electron chi connectivity index (χ3n) is 5.30. The molecular weight excluding hydrogens is 342 g/mol. The highest BCUT2D eigenvalue weighted by atomic mass is 16.3. The lowest BCUT2D eigenvalue weighted by molar-refractivity contribution is -0.116. The first kappa shape index (κ1) is 16.3. The number of hydrogen-bond acceptors (Lipinski definition) is 5. The van der Waals surface area contributed by atoms with Gasteiger partial charge in [-0.2, -0.15) is 5.10 Å². The molecule has 2 aliphatic rings. The average Bonchev–Trinajstić information content (AvgIpc) is 3.42. The number of rotatable bonds is 3. The van der Waals surface area contributed by atoms with Gasteiger partial charge in [-0.25, -0.2) is 5.43 Å². The Hall–Kier alpha value is -2.90. The van der Waals surface area contributed by atoms with Gasteiger partial charge in [-0.05, 0) is 18.6 Å². The van der Waals surface area contributed by atoms with E-state index < -0.39 is 0 Å². The summed E-state index contributed by atoms with van der Waals surface area (Å²) in [7, 11) is 1.86. The van der Waals surface area contributed by atoms with Gasteiger partial charge in [-0.15, -0.1) is 0 Å². The molecule has 7 nitrogen and oxygen atoms in total. The van der Waals surface area contributed by atoms with Crippen LogP contribution in [0, 0.1) is 0 Å². The van der Waals surface area contributed by atoms with Gasteiger partial charge < -0.3 is 9.73 Å². The van der Waals surface area contributed by atoms with E-state index in [0.717, 1.165) is 47.1 Å². The predicted octanol–water partition coefficient (Wildman–Crippen LogP) is 2.69. The minimum absolute atomic E-state index is 0.0197. The summed E-state index contributed by atoms with van der Waals surface area (Å²) in [6.07, 6.45) is 1.33. The SMILES string of the molecule is Cn1nc(-c2ccccc2)c2c1NC(=O)CC2c1ccc(C2CCNN2)o1. The molecule has 0 radical (unpaired) electrons. The molecule has 0 saturated carbocycles. The van der Waals surface area contributed by atoms with Crippen molar-refractivity contribution in [3.05, 3.63) is 59.5 Å². The maximum Gasteiger partial charge on any atom is 0.226 e. The molecule has 2 atom stereocenters. The Morgan fingerprint density at radius 3 is 2.74 bits per heavy atom. The number of aromatic nitrogens is 2. The van der Waals surface area contributed by atoms with Crippen LogP contribution in [-0.2, 0) is 11.8 Å². The van der Waals surface area contributed by atoms with Crippen LogP contribution >= 0.6 is 0 Å². The van der Waals surface area contributed by atoms with E-state index in [-0.39, 0.29) is 17.9 Å². The molecule has 0 bridgehead atoms. The fourth-order valence-corrected chi connectivity index (χ4v) is 3.98.